The zero-order valence-corrected chi connectivity index (χ0v) is 10.7. The molecule has 0 N–H and O–H groups in total. The molecule has 0 aliphatic carbocycles. The summed E-state index contributed by atoms with van der Waals surface area (Å²) in [6.45, 7) is 0. The van der Waals surface area contributed by atoms with Crippen molar-refractivity contribution in [3.8, 4) is 5.75 Å². The number of hydrogen-bond donors (Lipinski definition) is 0. The van der Waals surface area contributed by atoms with Gasteiger partial charge in [0.1, 0.15) is 0 Å². The fraction of sp³-hybridized carbons (Fsp3) is 0.143. The van der Waals surface area contributed by atoms with Crippen LogP contribution in [0.5, 0.6) is 5.75 Å². The van der Waals surface area contributed by atoms with E-state index in [9.17, 15) is 26.0 Å². The predicted octanol–water partition coefficient (Wildman–Crippen LogP) is 3.41. The average molecular weight is 358 g/mol. The highest BCUT2D eigenvalue weighted by atomic mass is 79.9. The third-order valence-corrected chi connectivity index (χ3v) is 3.43. The Hall–Kier alpha value is -0.540. The standard InChI is InChI=1S/C7H2BrClF4O3S/c8-3-1-2-4(16-7(11,12)13)6(5(3)10)17(9,14)15/h1-2H. The van der Waals surface area contributed by atoms with Gasteiger partial charge in [0.05, 0.1) is 4.47 Å². The van der Waals surface area contributed by atoms with Gasteiger partial charge in [-0.1, -0.05) is 0 Å². The molecule has 0 saturated heterocycles. The summed E-state index contributed by atoms with van der Waals surface area (Å²) in [7, 11) is 0.117. The van der Waals surface area contributed by atoms with Gasteiger partial charge in [-0.25, -0.2) is 12.8 Å². The van der Waals surface area contributed by atoms with Crippen molar-refractivity contribution in [1.29, 1.82) is 0 Å². The Morgan fingerprint density at radius 2 is 1.82 bits per heavy atom. The molecule has 0 heterocycles. The Labute approximate surface area is 106 Å². The molecule has 0 spiro atoms. The molecule has 0 aliphatic rings. The third kappa shape index (κ3) is 3.71. The van der Waals surface area contributed by atoms with E-state index in [0.29, 0.717) is 6.07 Å². The van der Waals surface area contributed by atoms with Crippen molar-refractivity contribution >= 4 is 35.7 Å². The first-order chi connectivity index (χ1) is 7.52. The van der Waals surface area contributed by atoms with E-state index in [0.717, 1.165) is 6.07 Å². The van der Waals surface area contributed by atoms with Crippen LogP contribution in [0, 0.1) is 5.82 Å². The molecule has 0 aliphatic heterocycles. The molecule has 0 saturated carbocycles. The SMILES string of the molecule is O=S(=O)(Cl)c1c(OC(F)(F)F)ccc(Br)c1F. The van der Waals surface area contributed by atoms with E-state index in [4.69, 9.17) is 10.7 Å². The molecule has 1 aromatic carbocycles. The molecule has 17 heavy (non-hydrogen) atoms. The lowest BCUT2D eigenvalue weighted by molar-refractivity contribution is -0.275. The van der Waals surface area contributed by atoms with Gasteiger partial charge in [-0.3, -0.25) is 0 Å². The van der Waals surface area contributed by atoms with Gasteiger partial charge in [0.2, 0.25) is 0 Å². The fourth-order valence-electron chi connectivity index (χ4n) is 0.947. The van der Waals surface area contributed by atoms with Gasteiger partial charge in [0, 0.05) is 10.7 Å². The van der Waals surface area contributed by atoms with E-state index in [1.165, 1.54) is 0 Å². The van der Waals surface area contributed by atoms with Gasteiger partial charge in [-0.2, -0.15) is 0 Å². The highest BCUT2D eigenvalue weighted by Gasteiger charge is 2.35. The molecule has 1 rings (SSSR count). The van der Waals surface area contributed by atoms with Gasteiger partial charge >= 0.3 is 6.36 Å². The Morgan fingerprint density at radius 1 is 1.29 bits per heavy atom. The molecule has 0 aromatic heterocycles. The van der Waals surface area contributed by atoms with Crippen LogP contribution >= 0.6 is 26.6 Å². The summed E-state index contributed by atoms with van der Waals surface area (Å²) in [6.07, 6.45) is -5.16. The number of alkyl halides is 3. The minimum absolute atomic E-state index is 0.355. The lowest BCUT2D eigenvalue weighted by Gasteiger charge is -2.12. The van der Waals surface area contributed by atoms with Crippen molar-refractivity contribution in [2.75, 3.05) is 0 Å². The van der Waals surface area contributed by atoms with E-state index in [-0.39, 0.29) is 4.47 Å². The second-order valence-corrected chi connectivity index (χ2v) is 6.03. The van der Waals surface area contributed by atoms with Gasteiger partial charge in [-0.15, -0.1) is 13.2 Å². The summed E-state index contributed by atoms with van der Waals surface area (Å²) in [5, 5.41) is 0. The van der Waals surface area contributed by atoms with E-state index in [1.54, 1.807) is 0 Å². The van der Waals surface area contributed by atoms with Crippen LogP contribution < -0.4 is 4.74 Å². The Balaban J connectivity index is 3.47. The lowest BCUT2D eigenvalue weighted by atomic mass is 10.3. The minimum atomic E-state index is -5.16. The second-order valence-electron chi connectivity index (χ2n) is 2.67. The van der Waals surface area contributed by atoms with Gasteiger partial charge in [0.25, 0.3) is 9.05 Å². The first kappa shape index (κ1) is 14.5. The largest absolute Gasteiger partial charge is 0.573 e. The fourth-order valence-corrected chi connectivity index (χ4v) is 2.51. The summed E-state index contributed by atoms with van der Waals surface area (Å²) in [4.78, 5) is -1.37. The van der Waals surface area contributed by atoms with Gasteiger partial charge < -0.3 is 4.74 Å². The summed E-state index contributed by atoms with van der Waals surface area (Å²) < 4.78 is 74.2. The molecule has 0 radical (unpaired) electrons. The first-order valence-electron chi connectivity index (χ1n) is 3.71. The molecule has 0 atom stereocenters. The minimum Gasteiger partial charge on any atom is -0.404 e. The topological polar surface area (TPSA) is 43.4 Å². The summed E-state index contributed by atoms with van der Waals surface area (Å²) in [5.74, 6) is -2.69. The van der Waals surface area contributed by atoms with E-state index >= 15 is 0 Å². The normalized spacial score (nSPS) is 12.6. The van der Waals surface area contributed by atoms with Crippen LogP contribution in [0.25, 0.3) is 0 Å². The van der Waals surface area contributed by atoms with E-state index < -0.39 is 31.9 Å². The molecular weight excluding hydrogens is 355 g/mol. The molecule has 0 fully saturated rings. The van der Waals surface area contributed by atoms with Crippen molar-refractivity contribution in [3.05, 3.63) is 22.4 Å². The first-order valence-corrected chi connectivity index (χ1v) is 6.81. The maximum Gasteiger partial charge on any atom is 0.573 e. The highest BCUT2D eigenvalue weighted by molar-refractivity contribution is 9.10. The molecule has 0 bridgehead atoms. The van der Waals surface area contributed by atoms with Crippen molar-refractivity contribution in [2.45, 2.75) is 11.3 Å². The molecule has 10 heteroatoms. The van der Waals surface area contributed by atoms with Crippen molar-refractivity contribution in [3.63, 3.8) is 0 Å². The van der Waals surface area contributed by atoms with E-state index in [2.05, 4.69) is 20.7 Å². The zero-order chi connectivity index (χ0) is 13.4. The Bertz CT molecular complexity index is 543. The highest BCUT2D eigenvalue weighted by Crippen LogP contribution is 2.36. The van der Waals surface area contributed by atoms with Crippen LogP contribution in [0.15, 0.2) is 21.5 Å². The number of halogens is 6. The summed E-state index contributed by atoms with van der Waals surface area (Å²) in [6, 6.07) is 1.50. The van der Waals surface area contributed by atoms with Crippen molar-refractivity contribution < 1.29 is 30.7 Å². The van der Waals surface area contributed by atoms with Crippen LogP contribution in [0.1, 0.15) is 0 Å². The zero-order valence-electron chi connectivity index (χ0n) is 7.56. The molecule has 0 unspecified atom stereocenters. The quantitative estimate of drug-likeness (QED) is 0.602. The van der Waals surface area contributed by atoms with Gasteiger partial charge in [0.15, 0.2) is 16.5 Å². The van der Waals surface area contributed by atoms with Crippen LogP contribution in [0.4, 0.5) is 17.6 Å². The lowest BCUT2D eigenvalue weighted by Crippen LogP contribution is -2.19. The summed E-state index contributed by atoms with van der Waals surface area (Å²) >= 11 is 2.62. The number of rotatable bonds is 2. The van der Waals surface area contributed by atoms with Crippen LogP contribution in [0.3, 0.4) is 0 Å². The molecule has 3 nitrogen and oxygen atoms in total. The molecule has 0 amide bonds. The molecular formula is C7H2BrClF4O3S. The number of hydrogen-bond acceptors (Lipinski definition) is 3. The predicted molar refractivity (Wildman–Crippen MR) is 53.8 cm³/mol. The number of ether oxygens (including phenoxy) is 1. The van der Waals surface area contributed by atoms with E-state index in [1.807, 2.05) is 0 Å². The monoisotopic (exact) mass is 356 g/mol. The number of benzene rings is 1. The smallest absolute Gasteiger partial charge is 0.404 e. The van der Waals surface area contributed by atoms with Crippen molar-refractivity contribution in [1.82, 2.24) is 0 Å². The van der Waals surface area contributed by atoms with Crippen LogP contribution in [0.2, 0.25) is 0 Å². The van der Waals surface area contributed by atoms with Crippen LogP contribution in [-0.2, 0) is 9.05 Å². The van der Waals surface area contributed by atoms with Crippen LogP contribution in [-0.4, -0.2) is 14.8 Å². The molecule has 96 valence electrons. The maximum absolute atomic E-state index is 13.4. The average Bonchev–Trinajstić information content (AvgIpc) is 2.06. The van der Waals surface area contributed by atoms with Gasteiger partial charge in [-0.05, 0) is 28.1 Å². The van der Waals surface area contributed by atoms with Crippen molar-refractivity contribution in [2.24, 2.45) is 0 Å². The maximum atomic E-state index is 13.4. The third-order valence-electron chi connectivity index (χ3n) is 1.48. The Kier molecular flexibility index (Phi) is 3.94. The summed E-state index contributed by atoms with van der Waals surface area (Å²) in [5.41, 5.74) is 0. The Morgan fingerprint density at radius 3 is 2.24 bits per heavy atom. The molecule has 1 aromatic rings. The second kappa shape index (κ2) is 4.62.